The number of carboxylic acid groups (broad SMARTS) is 1. The Bertz CT molecular complexity index is 443. The number of hydrogen-bond donors (Lipinski definition) is 1. The molecular formula is C9H4ClF3O2. The van der Waals surface area contributed by atoms with Crippen LogP contribution in [0.15, 0.2) is 12.1 Å². The number of carbonyl (C=O) groups is 1. The third-order valence-electron chi connectivity index (χ3n) is 1.54. The predicted molar refractivity (Wildman–Crippen MR) is 48.0 cm³/mol. The molecule has 1 rings (SSSR count). The zero-order valence-corrected chi connectivity index (χ0v) is 7.86. The fraction of sp³-hybridized carbons (Fsp3) is 0. The molecule has 0 radical (unpaired) electrons. The van der Waals surface area contributed by atoms with E-state index in [-0.39, 0.29) is 0 Å². The number of benzene rings is 1. The molecule has 2 nitrogen and oxygen atoms in total. The molecule has 0 fully saturated rings. The Morgan fingerprint density at radius 1 is 1.33 bits per heavy atom. The van der Waals surface area contributed by atoms with Gasteiger partial charge < -0.3 is 5.11 Å². The zero-order valence-electron chi connectivity index (χ0n) is 7.10. The lowest BCUT2D eigenvalue weighted by molar-refractivity contribution is -0.131. The molecule has 6 heteroatoms. The van der Waals surface area contributed by atoms with Crippen molar-refractivity contribution in [3.63, 3.8) is 0 Å². The van der Waals surface area contributed by atoms with Crippen LogP contribution in [0.1, 0.15) is 5.56 Å². The SMILES string of the molecule is O=C(O)/C=C/c1c(F)cc(Cl)c(F)c1F. The summed E-state index contributed by atoms with van der Waals surface area (Å²) in [5.74, 6) is -5.46. The van der Waals surface area contributed by atoms with Gasteiger partial charge in [0.15, 0.2) is 11.6 Å². The molecular weight excluding hydrogens is 233 g/mol. The highest BCUT2D eigenvalue weighted by atomic mass is 35.5. The predicted octanol–water partition coefficient (Wildman–Crippen LogP) is 2.86. The zero-order chi connectivity index (χ0) is 11.6. The molecule has 0 atom stereocenters. The largest absolute Gasteiger partial charge is 0.478 e. The minimum Gasteiger partial charge on any atom is -0.478 e. The van der Waals surface area contributed by atoms with E-state index in [1.807, 2.05) is 0 Å². The Kier molecular flexibility index (Phi) is 3.36. The summed E-state index contributed by atoms with van der Waals surface area (Å²) in [5.41, 5.74) is -0.778. The Morgan fingerprint density at radius 2 is 1.93 bits per heavy atom. The molecule has 1 aromatic carbocycles. The first-order chi connectivity index (χ1) is 6.93. The molecule has 1 N–H and O–H groups in total. The molecule has 0 saturated heterocycles. The maximum atomic E-state index is 13.0. The van der Waals surface area contributed by atoms with Crippen LogP contribution in [0, 0.1) is 17.5 Å². The van der Waals surface area contributed by atoms with Gasteiger partial charge in [0, 0.05) is 11.6 Å². The van der Waals surface area contributed by atoms with Gasteiger partial charge in [0.05, 0.1) is 5.02 Å². The summed E-state index contributed by atoms with van der Waals surface area (Å²) in [6.07, 6.45) is 1.11. The lowest BCUT2D eigenvalue weighted by Gasteiger charge is -2.02. The smallest absolute Gasteiger partial charge is 0.328 e. The molecule has 0 amide bonds. The van der Waals surface area contributed by atoms with Gasteiger partial charge in [-0.15, -0.1) is 0 Å². The first-order valence-electron chi connectivity index (χ1n) is 3.67. The van der Waals surface area contributed by atoms with E-state index in [4.69, 9.17) is 16.7 Å². The van der Waals surface area contributed by atoms with Crippen molar-refractivity contribution in [2.24, 2.45) is 0 Å². The maximum Gasteiger partial charge on any atom is 0.328 e. The molecule has 0 aliphatic rings. The number of halogens is 4. The molecule has 0 spiro atoms. The minimum atomic E-state index is -1.52. The second kappa shape index (κ2) is 4.35. The molecule has 0 aromatic heterocycles. The third kappa shape index (κ3) is 2.50. The highest BCUT2D eigenvalue weighted by molar-refractivity contribution is 6.30. The fourth-order valence-electron chi connectivity index (χ4n) is 0.888. The van der Waals surface area contributed by atoms with Gasteiger partial charge in [-0.05, 0) is 12.1 Å². The standard InChI is InChI=1S/C9H4ClF3O2/c10-5-3-6(11)4(1-2-7(14)15)8(12)9(5)13/h1-3H,(H,14,15)/b2-1+. The molecule has 0 saturated carbocycles. The van der Waals surface area contributed by atoms with E-state index in [1.54, 1.807) is 0 Å². The van der Waals surface area contributed by atoms with Gasteiger partial charge in [-0.1, -0.05) is 11.6 Å². The van der Waals surface area contributed by atoms with Crippen molar-refractivity contribution in [2.45, 2.75) is 0 Å². The topological polar surface area (TPSA) is 37.3 Å². The Morgan fingerprint density at radius 3 is 2.47 bits per heavy atom. The van der Waals surface area contributed by atoms with Gasteiger partial charge >= 0.3 is 5.97 Å². The molecule has 15 heavy (non-hydrogen) atoms. The monoisotopic (exact) mass is 236 g/mol. The quantitative estimate of drug-likeness (QED) is 0.487. The first-order valence-corrected chi connectivity index (χ1v) is 4.05. The van der Waals surface area contributed by atoms with Crippen LogP contribution in [0.25, 0.3) is 6.08 Å². The summed E-state index contributed by atoms with van der Waals surface area (Å²) >= 11 is 5.16. The van der Waals surface area contributed by atoms with Crippen LogP contribution in [0.3, 0.4) is 0 Å². The number of rotatable bonds is 2. The second-order valence-corrected chi connectivity index (χ2v) is 2.96. The Balaban J connectivity index is 3.30. The van der Waals surface area contributed by atoms with Crippen molar-refractivity contribution in [3.05, 3.63) is 40.2 Å². The second-order valence-electron chi connectivity index (χ2n) is 2.55. The van der Waals surface area contributed by atoms with Gasteiger partial charge in [0.2, 0.25) is 0 Å². The molecule has 0 bridgehead atoms. The normalized spacial score (nSPS) is 10.9. The average Bonchev–Trinajstić information content (AvgIpc) is 2.14. The average molecular weight is 237 g/mol. The van der Waals surface area contributed by atoms with Crippen molar-refractivity contribution in [3.8, 4) is 0 Å². The van der Waals surface area contributed by atoms with Gasteiger partial charge in [-0.3, -0.25) is 0 Å². The minimum absolute atomic E-state index is 0.495. The van der Waals surface area contributed by atoms with E-state index >= 15 is 0 Å². The molecule has 0 aliphatic carbocycles. The van der Waals surface area contributed by atoms with Crippen LogP contribution < -0.4 is 0 Å². The Hall–Kier alpha value is -1.49. The molecule has 80 valence electrons. The van der Waals surface area contributed by atoms with E-state index in [0.29, 0.717) is 18.2 Å². The van der Waals surface area contributed by atoms with Crippen molar-refractivity contribution in [2.75, 3.05) is 0 Å². The van der Waals surface area contributed by atoms with E-state index in [2.05, 4.69) is 0 Å². The molecule has 0 unspecified atom stereocenters. The highest BCUT2D eigenvalue weighted by Gasteiger charge is 2.15. The first kappa shape index (κ1) is 11.6. The molecule has 0 aliphatic heterocycles. The maximum absolute atomic E-state index is 13.0. The number of aliphatic carboxylic acids is 1. The third-order valence-corrected chi connectivity index (χ3v) is 1.82. The number of carboxylic acids is 1. The molecule has 1 aromatic rings. The van der Waals surface area contributed by atoms with Crippen LogP contribution >= 0.6 is 11.6 Å². The summed E-state index contributed by atoms with van der Waals surface area (Å²) in [4.78, 5) is 10.1. The van der Waals surface area contributed by atoms with Crippen LogP contribution in [-0.4, -0.2) is 11.1 Å². The highest BCUT2D eigenvalue weighted by Crippen LogP contribution is 2.24. The van der Waals surface area contributed by atoms with Crippen LogP contribution in [-0.2, 0) is 4.79 Å². The van der Waals surface area contributed by atoms with Crippen LogP contribution in [0.5, 0.6) is 0 Å². The van der Waals surface area contributed by atoms with E-state index in [9.17, 15) is 18.0 Å². The van der Waals surface area contributed by atoms with Crippen LogP contribution in [0.2, 0.25) is 5.02 Å². The van der Waals surface area contributed by atoms with Crippen molar-refractivity contribution in [1.29, 1.82) is 0 Å². The summed E-state index contributed by atoms with van der Waals surface area (Å²) in [6, 6.07) is 0.571. The summed E-state index contributed by atoms with van der Waals surface area (Å²) < 4.78 is 38.9. The summed E-state index contributed by atoms with van der Waals surface area (Å²) in [5, 5.41) is 7.53. The van der Waals surface area contributed by atoms with E-state index in [1.165, 1.54) is 0 Å². The molecule has 0 heterocycles. The Labute approximate surface area is 87.6 Å². The number of hydrogen-bond acceptors (Lipinski definition) is 1. The van der Waals surface area contributed by atoms with Crippen LogP contribution in [0.4, 0.5) is 13.2 Å². The van der Waals surface area contributed by atoms with Crippen molar-refractivity contribution in [1.82, 2.24) is 0 Å². The lowest BCUT2D eigenvalue weighted by Crippen LogP contribution is -1.96. The lowest BCUT2D eigenvalue weighted by atomic mass is 10.1. The van der Waals surface area contributed by atoms with E-state index in [0.717, 1.165) is 0 Å². The summed E-state index contributed by atoms with van der Waals surface area (Å²) in [6.45, 7) is 0. The van der Waals surface area contributed by atoms with Crippen molar-refractivity contribution < 1.29 is 23.1 Å². The van der Waals surface area contributed by atoms with Gasteiger partial charge in [0.25, 0.3) is 0 Å². The van der Waals surface area contributed by atoms with E-state index < -0.39 is 34.0 Å². The summed E-state index contributed by atoms with van der Waals surface area (Å²) in [7, 11) is 0. The van der Waals surface area contributed by atoms with Gasteiger partial charge in [-0.2, -0.15) is 0 Å². The van der Waals surface area contributed by atoms with Crippen molar-refractivity contribution >= 4 is 23.6 Å². The van der Waals surface area contributed by atoms with Gasteiger partial charge in [0.1, 0.15) is 5.82 Å². The van der Waals surface area contributed by atoms with Gasteiger partial charge in [-0.25, -0.2) is 18.0 Å². The fourth-order valence-corrected chi connectivity index (χ4v) is 1.07.